The Kier molecular flexibility index (Phi) is 4.76. The van der Waals surface area contributed by atoms with Gasteiger partial charge in [-0.2, -0.15) is 0 Å². The van der Waals surface area contributed by atoms with Gasteiger partial charge in [0, 0.05) is 37.3 Å². The molecule has 1 saturated heterocycles. The molecule has 1 aliphatic carbocycles. The van der Waals surface area contributed by atoms with Crippen molar-refractivity contribution in [2.45, 2.75) is 51.1 Å². The summed E-state index contributed by atoms with van der Waals surface area (Å²) in [4.78, 5) is 19.7. The van der Waals surface area contributed by atoms with E-state index >= 15 is 0 Å². The fraction of sp³-hybridized carbons (Fsp3) is 0.611. The zero-order valence-corrected chi connectivity index (χ0v) is 15.1. The molecule has 0 unspecified atom stereocenters. The van der Waals surface area contributed by atoms with Crippen LogP contribution in [-0.4, -0.2) is 46.0 Å². The van der Waals surface area contributed by atoms with E-state index in [4.69, 9.17) is 4.98 Å². The van der Waals surface area contributed by atoms with E-state index in [9.17, 15) is 0 Å². The summed E-state index contributed by atoms with van der Waals surface area (Å²) in [6.07, 6.45) is 10.9. The van der Waals surface area contributed by atoms with Crippen LogP contribution in [0.2, 0.25) is 0 Å². The number of thiazole rings is 1. The second kappa shape index (κ2) is 7.15. The molecule has 0 atom stereocenters. The van der Waals surface area contributed by atoms with Crippen LogP contribution in [0.1, 0.15) is 41.3 Å². The van der Waals surface area contributed by atoms with Gasteiger partial charge in [-0.05, 0) is 44.6 Å². The Morgan fingerprint density at radius 3 is 2.83 bits per heavy atom. The third kappa shape index (κ3) is 3.44. The van der Waals surface area contributed by atoms with Gasteiger partial charge in [0.05, 0.1) is 12.2 Å². The lowest BCUT2D eigenvalue weighted by Gasteiger charge is -2.36. The van der Waals surface area contributed by atoms with Crippen LogP contribution in [0, 0.1) is 0 Å². The van der Waals surface area contributed by atoms with Crippen molar-refractivity contribution in [3.63, 3.8) is 0 Å². The van der Waals surface area contributed by atoms with E-state index in [1.54, 1.807) is 11.2 Å². The molecule has 3 heterocycles. The second-order valence-corrected chi connectivity index (χ2v) is 8.04. The monoisotopic (exact) mass is 343 g/mol. The van der Waals surface area contributed by atoms with Crippen molar-refractivity contribution in [1.29, 1.82) is 0 Å². The number of hydrogen-bond acceptors (Lipinski definition) is 6. The first-order chi connectivity index (χ1) is 11.8. The minimum Gasteiger partial charge on any atom is -0.356 e. The molecular weight excluding hydrogens is 318 g/mol. The highest BCUT2D eigenvalue weighted by molar-refractivity contribution is 7.11. The number of nitrogens with zero attached hydrogens (tertiary/aromatic N) is 5. The number of aryl methyl sites for hydroxylation is 2. The van der Waals surface area contributed by atoms with Gasteiger partial charge >= 0.3 is 0 Å². The molecule has 6 heteroatoms. The first-order valence-corrected chi connectivity index (χ1v) is 9.80. The van der Waals surface area contributed by atoms with Crippen LogP contribution in [0.25, 0.3) is 0 Å². The zero-order chi connectivity index (χ0) is 16.4. The molecular formula is C18H25N5S. The molecule has 0 spiro atoms. The topological polar surface area (TPSA) is 45.2 Å². The minimum atomic E-state index is 0.570. The molecule has 0 bridgehead atoms. The van der Waals surface area contributed by atoms with Crippen molar-refractivity contribution in [1.82, 2.24) is 19.9 Å². The Bertz CT molecular complexity index is 640. The van der Waals surface area contributed by atoms with Gasteiger partial charge in [-0.1, -0.05) is 0 Å². The summed E-state index contributed by atoms with van der Waals surface area (Å²) in [5, 5.41) is 1.32. The molecule has 5 nitrogen and oxygen atoms in total. The highest BCUT2D eigenvalue weighted by Gasteiger charge is 2.24. The summed E-state index contributed by atoms with van der Waals surface area (Å²) < 4.78 is 0. The molecule has 24 heavy (non-hydrogen) atoms. The third-order valence-electron chi connectivity index (χ3n) is 5.28. The molecule has 1 fully saturated rings. The molecule has 1 aliphatic heterocycles. The average molecular weight is 344 g/mol. The van der Waals surface area contributed by atoms with Gasteiger partial charge in [-0.25, -0.2) is 15.0 Å². The van der Waals surface area contributed by atoms with Crippen molar-refractivity contribution in [2.24, 2.45) is 0 Å². The van der Waals surface area contributed by atoms with Crippen LogP contribution < -0.4 is 4.90 Å². The maximum atomic E-state index is 4.90. The lowest BCUT2D eigenvalue weighted by molar-refractivity contribution is 0.203. The molecule has 0 amide bonds. The van der Waals surface area contributed by atoms with Crippen LogP contribution in [-0.2, 0) is 19.4 Å². The Morgan fingerprint density at radius 1 is 1.25 bits per heavy atom. The Hall–Kier alpha value is -1.53. The first kappa shape index (κ1) is 16.0. The molecule has 4 rings (SSSR count). The second-order valence-electron chi connectivity index (χ2n) is 6.87. The standard InChI is InChI=1S/C18H25N5S/c1-22(17-6-9-19-13-20-17)14-7-10-23(11-8-14)12-18-21-15-4-2-3-5-16(15)24-18/h6,9,13-14H,2-5,7-8,10-12H2,1H3. The Labute approximate surface area is 147 Å². The molecule has 0 aromatic carbocycles. The molecule has 0 N–H and O–H groups in total. The van der Waals surface area contributed by atoms with Crippen molar-refractivity contribution in [3.8, 4) is 0 Å². The van der Waals surface area contributed by atoms with E-state index in [0.717, 1.165) is 25.5 Å². The van der Waals surface area contributed by atoms with Crippen molar-refractivity contribution >= 4 is 17.2 Å². The molecule has 128 valence electrons. The van der Waals surface area contributed by atoms with E-state index in [-0.39, 0.29) is 0 Å². The summed E-state index contributed by atoms with van der Waals surface area (Å²) in [6.45, 7) is 3.32. The van der Waals surface area contributed by atoms with Crippen molar-refractivity contribution in [2.75, 3.05) is 25.0 Å². The van der Waals surface area contributed by atoms with E-state index in [1.807, 2.05) is 23.6 Å². The van der Waals surface area contributed by atoms with E-state index in [0.29, 0.717) is 6.04 Å². The first-order valence-electron chi connectivity index (χ1n) is 8.98. The van der Waals surface area contributed by atoms with Crippen LogP contribution in [0.15, 0.2) is 18.6 Å². The normalized spacial score (nSPS) is 19.2. The summed E-state index contributed by atoms with van der Waals surface area (Å²) in [7, 11) is 2.15. The number of aromatic nitrogens is 3. The zero-order valence-electron chi connectivity index (χ0n) is 14.3. The van der Waals surface area contributed by atoms with Gasteiger partial charge in [0.25, 0.3) is 0 Å². The van der Waals surface area contributed by atoms with Gasteiger partial charge in [0.2, 0.25) is 0 Å². The van der Waals surface area contributed by atoms with E-state index in [2.05, 4.69) is 26.8 Å². The number of piperidine rings is 1. The number of likely N-dealkylation sites (tertiary alicyclic amines) is 1. The maximum absolute atomic E-state index is 4.90. The summed E-state index contributed by atoms with van der Waals surface area (Å²) in [5.41, 5.74) is 1.39. The van der Waals surface area contributed by atoms with Crippen LogP contribution in [0.4, 0.5) is 5.82 Å². The minimum absolute atomic E-state index is 0.570. The fourth-order valence-corrected chi connectivity index (χ4v) is 5.01. The van der Waals surface area contributed by atoms with Crippen LogP contribution >= 0.6 is 11.3 Å². The van der Waals surface area contributed by atoms with E-state index < -0.39 is 0 Å². The highest BCUT2D eigenvalue weighted by Crippen LogP contribution is 2.28. The number of anilines is 1. The van der Waals surface area contributed by atoms with Crippen LogP contribution in [0.5, 0.6) is 0 Å². The van der Waals surface area contributed by atoms with Gasteiger partial charge in [0.1, 0.15) is 17.2 Å². The van der Waals surface area contributed by atoms with Crippen LogP contribution in [0.3, 0.4) is 0 Å². The van der Waals surface area contributed by atoms with Gasteiger partial charge in [-0.15, -0.1) is 11.3 Å². The Morgan fingerprint density at radius 2 is 2.08 bits per heavy atom. The van der Waals surface area contributed by atoms with Crippen molar-refractivity contribution in [3.05, 3.63) is 34.2 Å². The predicted octanol–water partition coefficient (Wildman–Crippen LogP) is 2.91. The summed E-state index contributed by atoms with van der Waals surface area (Å²) >= 11 is 1.95. The summed E-state index contributed by atoms with van der Waals surface area (Å²) in [6, 6.07) is 2.56. The smallest absolute Gasteiger partial charge is 0.131 e. The largest absolute Gasteiger partial charge is 0.356 e. The van der Waals surface area contributed by atoms with Gasteiger partial charge in [0.15, 0.2) is 0 Å². The number of hydrogen-bond donors (Lipinski definition) is 0. The maximum Gasteiger partial charge on any atom is 0.131 e. The molecule has 2 aliphatic rings. The number of fused-ring (bicyclic) bond motifs is 1. The fourth-order valence-electron chi connectivity index (χ4n) is 3.81. The lowest BCUT2D eigenvalue weighted by atomic mass is 10.0. The SMILES string of the molecule is CN(c1ccncn1)C1CCN(Cc2nc3c(s2)CCCC3)CC1. The third-order valence-corrected chi connectivity index (χ3v) is 6.42. The van der Waals surface area contributed by atoms with Gasteiger partial charge < -0.3 is 4.90 Å². The van der Waals surface area contributed by atoms with Gasteiger partial charge in [-0.3, -0.25) is 4.90 Å². The highest BCUT2D eigenvalue weighted by atomic mass is 32.1. The van der Waals surface area contributed by atoms with E-state index in [1.165, 1.54) is 49.2 Å². The molecule has 2 aromatic heterocycles. The molecule has 2 aromatic rings. The van der Waals surface area contributed by atoms with Crippen molar-refractivity contribution < 1.29 is 0 Å². The molecule has 0 saturated carbocycles. The summed E-state index contributed by atoms with van der Waals surface area (Å²) in [5.74, 6) is 1.02. The predicted molar refractivity (Wildman–Crippen MR) is 97.5 cm³/mol. The molecule has 0 radical (unpaired) electrons. The average Bonchev–Trinajstić information content (AvgIpc) is 3.05. The quantitative estimate of drug-likeness (QED) is 0.854. The number of rotatable bonds is 4. The lowest BCUT2D eigenvalue weighted by Crippen LogP contribution is -2.43. The Balaban J connectivity index is 1.32.